The molecule has 150 valence electrons. The van der Waals surface area contributed by atoms with Crippen LogP contribution in [0.3, 0.4) is 0 Å². The first kappa shape index (κ1) is 18.5. The molecule has 6 rings (SSSR count). The summed E-state index contributed by atoms with van der Waals surface area (Å²) in [5.41, 5.74) is 11.7. The van der Waals surface area contributed by atoms with Crippen molar-refractivity contribution in [1.82, 2.24) is 4.98 Å². The summed E-state index contributed by atoms with van der Waals surface area (Å²) in [4.78, 5) is 5.22. The molecule has 5 aromatic rings. The van der Waals surface area contributed by atoms with Gasteiger partial charge in [-0.2, -0.15) is 0 Å². The van der Waals surface area contributed by atoms with E-state index in [1.54, 1.807) is 0 Å². The number of rotatable bonds is 3. The van der Waals surface area contributed by atoms with Gasteiger partial charge in [0.05, 0.1) is 11.4 Å². The normalized spacial score (nSPS) is 13.1. The van der Waals surface area contributed by atoms with Crippen molar-refractivity contribution in [2.24, 2.45) is 0 Å². The van der Waals surface area contributed by atoms with E-state index in [1.807, 2.05) is 6.07 Å². The van der Waals surface area contributed by atoms with Crippen LogP contribution in [0.5, 0.6) is 0 Å². The third kappa shape index (κ3) is 3.16. The van der Waals surface area contributed by atoms with Gasteiger partial charge in [0.2, 0.25) is 0 Å². The maximum Gasteiger partial charge on any atom is 0.0794 e. The van der Waals surface area contributed by atoms with Crippen molar-refractivity contribution < 1.29 is 0 Å². The van der Waals surface area contributed by atoms with Crippen LogP contribution in [0.4, 0.5) is 0 Å². The van der Waals surface area contributed by atoms with Crippen molar-refractivity contribution in [3.63, 3.8) is 0 Å². The van der Waals surface area contributed by atoms with Crippen LogP contribution in [0.25, 0.3) is 45.3 Å². The van der Waals surface area contributed by atoms with Gasteiger partial charge in [0.1, 0.15) is 0 Å². The van der Waals surface area contributed by atoms with Gasteiger partial charge < -0.3 is 0 Å². The summed E-state index contributed by atoms with van der Waals surface area (Å²) in [5, 5.41) is 0. The molecule has 0 aliphatic heterocycles. The van der Waals surface area contributed by atoms with Gasteiger partial charge in [0.25, 0.3) is 0 Å². The smallest absolute Gasteiger partial charge is 0.0794 e. The third-order valence-electron chi connectivity index (χ3n) is 6.02. The highest BCUT2D eigenvalue weighted by Gasteiger charge is 2.28. The molecular formula is C31H21N. The minimum atomic E-state index is 0.999. The molecule has 1 aromatic heterocycles. The van der Waals surface area contributed by atoms with Crippen LogP contribution in [-0.4, -0.2) is 4.98 Å². The van der Waals surface area contributed by atoms with Crippen LogP contribution in [0, 0.1) is 0 Å². The first-order valence-electron chi connectivity index (χ1n) is 10.9. The molecule has 1 aliphatic carbocycles. The topological polar surface area (TPSA) is 12.9 Å². The molecule has 4 aromatic carbocycles. The second kappa shape index (κ2) is 7.79. The van der Waals surface area contributed by atoms with Crippen molar-refractivity contribution >= 4 is 11.6 Å². The summed E-state index contributed by atoms with van der Waals surface area (Å²) in [6.45, 7) is 0. The SMILES string of the molecule is C(=C1c2ccccc2-c2cc(-c3ccccc3)nc(-c3ccccc3)c21)c1ccccc1. The van der Waals surface area contributed by atoms with Crippen LogP contribution >= 0.6 is 0 Å². The van der Waals surface area contributed by atoms with Crippen LogP contribution < -0.4 is 0 Å². The highest BCUT2D eigenvalue weighted by molar-refractivity contribution is 6.10. The fourth-order valence-corrected chi connectivity index (χ4v) is 4.55. The molecule has 0 N–H and O–H groups in total. The first-order valence-corrected chi connectivity index (χ1v) is 10.9. The second-order valence-electron chi connectivity index (χ2n) is 8.02. The summed E-state index contributed by atoms with van der Waals surface area (Å²) in [6.07, 6.45) is 2.29. The monoisotopic (exact) mass is 407 g/mol. The average Bonchev–Trinajstić information content (AvgIpc) is 3.19. The number of hydrogen-bond donors (Lipinski definition) is 0. The Morgan fingerprint density at radius 1 is 0.500 bits per heavy atom. The molecule has 32 heavy (non-hydrogen) atoms. The van der Waals surface area contributed by atoms with E-state index in [0.29, 0.717) is 0 Å². The maximum absolute atomic E-state index is 5.22. The van der Waals surface area contributed by atoms with E-state index < -0.39 is 0 Å². The molecule has 0 fully saturated rings. The van der Waals surface area contributed by atoms with Crippen LogP contribution in [-0.2, 0) is 0 Å². The molecular weight excluding hydrogens is 386 g/mol. The molecule has 1 aliphatic rings. The third-order valence-corrected chi connectivity index (χ3v) is 6.02. The summed E-state index contributed by atoms with van der Waals surface area (Å²) >= 11 is 0. The number of hydrogen-bond acceptors (Lipinski definition) is 1. The van der Waals surface area contributed by atoms with Gasteiger partial charge in [-0.3, -0.25) is 0 Å². The lowest BCUT2D eigenvalue weighted by Gasteiger charge is -2.13. The number of benzene rings is 4. The van der Waals surface area contributed by atoms with Crippen LogP contribution in [0.15, 0.2) is 121 Å². The molecule has 0 spiro atoms. The summed E-state index contributed by atoms with van der Waals surface area (Å²) in [7, 11) is 0. The van der Waals surface area contributed by atoms with Gasteiger partial charge in [-0.1, -0.05) is 115 Å². The van der Waals surface area contributed by atoms with Crippen molar-refractivity contribution in [3.05, 3.63) is 138 Å². The first-order chi connectivity index (χ1) is 15.9. The summed E-state index contributed by atoms with van der Waals surface area (Å²) in [6, 6.07) is 42.5. The summed E-state index contributed by atoms with van der Waals surface area (Å²) < 4.78 is 0. The van der Waals surface area contributed by atoms with Gasteiger partial charge >= 0.3 is 0 Å². The average molecular weight is 408 g/mol. The highest BCUT2D eigenvalue weighted by atomic mass is 14.7. The quantitative estimate of drug-likeness (QED) is 0.290. The molecule has 0 radical (unpaired) electrons. The van der Waals surface area contributed by atoms with Crippen molar-refractivity contribution in [1.29, 1.82) is 0 Å². The minimum absolute atomic E-state index is 0.999. The number of fused-ring (bicyclic) bond motifs is 3. The van der Waals surface area contributed by atoms with Gasteiger partial charge in [-0.15, -0.1) is 0 Å². The highest BCUT2D eigenvalue weighted by Crippen LogP contribution is 2.49. The zero-order chi connectivity index (χ0) is 21.3. The molecule has 0 atom stereocenters. The maximum atomic E-state index is 5.22. The molecule has 1 heteroatoms. The second-order valence-corrected chi connectivity index (χ2v) is 8.02. The zero-order valence-corrected chi connectivity index (χ0v) is 17.6. The van der Waals surface area contributed by atoms with Gasteiger partial charge in [-0.05, 0) is 40.0 Å². The fraction of sp³-hybridized carbons (Fsp3) is 0. The summed E-state index contributed by atoms with van der Waals surface area (Å²) in [5.74, 6) is 0. The Balaban J connectivity index is 1.69. The Morgan fingerprint density at radius 3 is 1.75 bits per heavy atom. The van der Waals surface area contributed by atoms with E-state index in [9.17, 15) is 0 Å². The number of aromatic nitrogens is 1. The lowest BCUT2D eigenvalue weighted by atomic mass is 9.95. The van der Waals surface area contributed by atoms with E-state index in [0.717, 1.165) is 22.5 Å². The molecule has 0 amide bonds. The molecule has 1 heterocycles. The predicted octanol–water partition coefficient (Wildman–Crippen LogP) is 7.98. The Bertz CT molecular complexity index is 1430. The van der Waals surface area contributed by atoms with Crippen molar-refractivity contribution in [3.8, 4) is 33.6 Å². The molecule has 0 saturated heterocycles. The molecule has 1 nitrogen and oxygen atoms in total. The van der Waals surface area contributed by atoms with E-state index in [2.05, 4.69) is 121 Å². The number of nitrogens with zero attached hydrogens (tertiary/aromatic N) is 1. The Kier molecular flexibility index (Phi) is 4.51. The van der Waals surface area contributed by atoms with E-state index >= 15 is 0 Å². The van der Waals surface area contributed by atoms with E-state index in [-0.39, 0.29) is 0 Å². The van der Waals surface area contributed by atoms with Crippen molar-refractivity contribution in [2.75, 3.05) is 0 Å². The van der Waals surface area contributed by atoms with E-state index in [1.165, 1.54) is 33.4 Å². The van der Waals surface area contributed by atoms with Gasteiger partial charge in [-0.25, -0.2) is 4.98 Å². The van der Waals surface area contributed by atoms with Crippen molar-refractivity contribution in [2.45, 2.75) is 0 Å². The lowest BCUT2D eigenvalue weighted by molar-refractivity contribution is 1.31. The van der Waals surface area contributed by atoms with E-state index in [4.69, 9.17) is 4.98 Å². The zero-order valence-electron chi connectivity index (χ0n) is 17.6. The Morgan fingerprint density at radius 2 is 1.06 bits per heavy atom. The minimum Gasteiger partial charge on any atom is -0.247 e. The standard InChI is InChI=1S/C31H21N/c1-4-12-22(13-5-1)20-27-25-18-10-11-19-26(25)28-21-29(23-14-6-2-7-15-23)32-31(30(27)28)24-16-8-3-9-17-24/h1-21H. The Hall–Kier alpha value is -4.23. The van der Waals surface area contributed by atoms with Gasteiger partial charge in [0.15, 0.2) is 0 Å². The van der Waals surface area contributed by atoms with Crippen LogP contribution in [0.1, 0.15) is 16.7 Å². The lowest BCUT2D eigenvalue weighted by Crippen LogP contribution is -1.95. The molecule has 0 unspecified atom stereocenters. The molecule has 0 bridgehead atoms. The number of pyridine rings is 1. The van der Waals surface area contributed by atoms with Crippen LogP contribution in [0.2, 0.25) is 0 Å². The largest absolute Gasteiger partial charge is 0.247 e. The molecule has 0 saturated carbocycles. The predicted molar refractivity (Wildman–Crippen MR) is 134 cm³/mol. The Labute approximate surface area is 188 Å². The fourth-order valence-electron chi connectivity index (χ4n) is 4.55. The van der Waals surface area contributed by atoms with Gasteiger partial charge in [0, 0.05) is 16.7 Å².